The molecule has 0 radical (unpaired) electrons. The molecule has 0 aromatic heterocycles. The van der Waals surface area contributed by atoms with E-state index in [9.17, 15) is 9.59 Å². The van der Waals surface area contributed by atoms with Gasteiger partial charge in [-0.25, -0.2) is 0 Å². The highest BCUT2D eigenvalue weighted by molar-refractivity contribution is 14.1. The molecule has 1 saturated heterocycles. The van der Waals surface area contributed by atoms with Gasteiger partial charge >= 0.3 is 0 Å². The Morgan fingerprint density at radius 3 is 2.10 bits per heavy atom. The normalized spacial score (nSPS) is 15.8. The molecular weight excluding hydrogens is 399 g/mol. The van der Waals surface area contributed by atoms with Crippen molar-refractivity contribution in [2.45, 2.75) is 13.8 Å². The van der Waals surface area contributed by atoms with Crippen LogP contribution in [0.25, 0.3) is 6.08 Å². The lowest BCUT2D eigenvalue weighted by Gasteiger charge is -2.35. The van der Waals surface area contributed by atoms with Crippen LogP contribution in [-0.2, 0) is 9.59 Å². The Kier molecular flexibility index (Phi) is 5.10. The number of halogens is 1. The molecule has 0 atom stereocenters. The SMILES string of the molecule is CCN1C(=O)C(=Cc2ccccc2I)C(=O)N(CC)C1=S. The second kappa shape index (κ2) is 6.65. The summed E-state index contributed by atoms with van der Waals surface area (Å²) in [5, 5.41) is 0.287. The lowest BCUT2D eigenvalue weighted by atomic mass is 10.1. The molecule has 1 fully saturated rings. The highest BCUT2D eigenvalue weighted by Crippen LogP contribution is 2.22. The van der Waals surface area contributed by atoms with Crippen molar-refractivity contribution in [1.82, 2.24) is 9.80 Å². The van der Waals surface area contributed by atoms with Crippen molar-refractivity contribution in [3.05, 3.63) is 39.0 Å². The maximum atomic E-state index is 12.5. The molecule has 1 aliphatic heterocycles. The first kappa shape index (κ1) is 16.1. The van der Waals surface area contributed by atoms with Gasteiger partial charge in [-0.3, -0.25) is 19.4 Å². The van der Waals surface area contributed by atoms with Gasteiger partial charge < -0.3 is 0 Å². The van der Waals surface area contributed by atoms with Crippen LogP contribution >= 0.6 is 34.8 Å². The number of carbonyl (C=O) groups is 2. The minimum Gasteiger partial charge on any atom is -0.285 e. The molecule has 4 nitrogen and oxygen atoms in total. The van der Waals surface area contributed by atoms with E-state index < -0.39 is 0 Å². The zero-order valence-corrected chi connectivity index (χ0v) is 14.8. The van der Waals surface area contributed by atoms with Crippen LogP contribution in [0.1, 0.15) is 19.4 Å². The zero-order valence-electron chi connectivity index (χ0n) is 11.8. The summed E-state index contributed by atoms with van der Waals surface area (Å²) in [6.45, 7) is 4.59. The van der Waals surface area contributed by atoms with Crippen molar-refractivity contribution in [2.75, 3.05) is 13.1 Å². The molecule has 0 bridgehead atoms. The first-order chi connectivity index (χ1) is 10.0. The summed E-state index contributed by atoms with van der Waals surface area (Å²) in [6.07, 6.45) is 1.65. The molecule has 0 N–H and O–H groups in total. The fraction of sp³-hybridized carbons (Fsp3) is 0.267. The molecule has 0 unspecified atom stereocenters. The monoisotopic (exact) mass is 414 g/mol. The predicted molar refractivity (Wildman–Crippen MR) is 94.5 cm³/mol. The number of carbonyl (C=O) groups excluding carboxylic acids is 2. The standard InChI is InChI=1S/C15H15IN2O2S/c1-3-17-13(19)11(14(20)18(4-2)15(17)21)9-10-7-5-6-8-12(10)16/h5-9H,3-4H2,1-2H3. The summed E-state index contributed by atoms with van der Waals surface area (Å²) in [5.41, 5.74) is 1.02. The maximum Gasteiger partial charge on any atom is 0.265 e. The van der Waals surface area contributed by atoms with Crippen molar-refractivity contribution >= 4 is 57.8 Å². The molecule has 21 heavy (non-hydrogen) atoms. The number of hydrogen-bond acceptors (Lipinski definition) is 3. The molecule has 2 rings (SSSR count). The first-order valence-corrected chi connectivity index (χ1v) is 8.13. The molecule has 1 heterocycles. The van der Waals surface area contributed by atoms with Crippen molar-refractivity contribution in [3.63, 3.8) is 0 Å². The van der Waals surface area contributed by atoms with Crippen molar-refractivity contribution in [3.8, 4) is 0 Å². The number of nitrogens with zero attached hydrogens (tertiary/aromatic N) is 2. The second-order valence-electron chi connectivity index (χ2n) is 4.46. The number of likely N-dealkylation sites (N-methyl/N-ethyl adjacent to an activating group) is 2. The Hall–Kier alpha value is -1.28. The molecule has 0 aliphatic carbocycles. The summed E-state index contributed by atoms with van der Waals surface area (Å²) in [6, 6.07) is 7.62. The van der Waals surface area contributed by atoms with Crippen LogP contribution in [0.3, 0.4) is 0 Å². The molecule has 1 aromatic rings. The van der Waals surface area contributed by atoms with Gasteiger partial charge in [0.2, 0.25) is 0 Å². The first-order valence-electron chi connectivity index (χ1n) is 6.65. The van der Waals surface area contributed by atoms with E-state index >= 15 is 0 Å². The van der Waals surface area contributed by atoms with E-state index in [1.54, 1.807) is 6.08 Å². The molecular formula is C15H15IN2O2S. The summed E-state index contributed by atoms with van der Waals surface area (Å²) in [5.74, 6) is -0.645. The number of amides is 2. The molecule has 2 amide bonds. The second-order valence-corrected chi connectivity index (χ2v) is 5.99. The molecule has 1 aliphatic rings. The third kappa shape index (κ3) is 3.01. The highest BCUT2D eigenvalue weighted by Gasteiger charge is 2.37. The third-order valence-electron chi connectivity index (χ3n) is 3.25. The number of benzene rings is 1. The molecule has 110 valence electrons. The minimum atomic E-state index is -0.322. The van der Waals surface area contributed by atoms with Gasteiger partial charge in [-0.15, -0.1) is 0 Å². The fourth-order valence-corrected chi connectivity index (χ4v) is 3.10. The van der Waals surface area contributed by atoms with E-state index in [-0.39, 0.29) is 22.5 Å². The average molecular weight is 414 g/mol. The number of thiocarbonyl (C=S) groups is 1. The van der Waals surface area contributed by atoms with Gasteiger partial charge in [-0.2, -0.15) is 0 Å². The Morgan fingerprint density at radius 1 is 1.10 bits per heavy atom. The van der Waals surface area contributed by atoms with Crippen molar-refractivity contribution in [1.29, 1.82) is 0 Å². The van der Waals surface area contributed by atoms with Gasteiger partial charge in [-0.1, -0.05) is 18.2 Å². The maximum absolute atomic E-state index is 12.5. The molecule has 0 saturated carbocycles. The molecule has 1 aromatic carbocycles. The van der Waals surface area contributed by atoms with Crippen LogP contribution in [0, 0.1) is 3.57 Å². The van der Waals surface area contributed by atoms with Crippen molar-refractivity contribution < 1.29 is 9.59 Å². The lowest BCUT2D eigenvalue weighted by Crippen LogP contribution is -2.55. The predicted octanol–water partition coefficient (Wildman–Crippen LogP) is 2.67. The zero-order chi connectivity index (χ0) is 15.6. The Bertz CT molecular complexity index is 614. The van der Waals surface area contributed by atoms with E-state index in [2.05, 4.69) is 22.6 Å². The quantitative estimate of drug-likeness (QED) is 0.331. The summed E-state index contributed by atoms with van der Waals surface area (Å²) in [4.78, 5) is 27.9. The summed E-state index contributed by atoms with van der Waals surface area (Å²) >= 11 is 7.41. The van der Waals surface area contributed by atoms with Gasteiger partial charge in [0, 0.05) is 16.7 Å². The van der Waals surface area contributed by atoms with Crippen molar-refractivity contribution in [2.24, 2.45) is 0 Å². The van der Waals surface area contributed by atoms with E-state index in [0.29, 0.717) is 13.1 Å². The average Bonchev–Trinajstić information content (AvgIpc) is 2.46. The molecule has 0 spiro atoms. The van der Waals surface area contributed by atoms with E-state index in [4.69, 9.17) is 12.2 Å². The van der Waals surface area contributed by atoms with Crippen LogP contribution in [0.15, 0.2) is 29.8 Å². The largest absolute Gasteiger partial charge is 0.285 e. The van der Waals surface area contributed by atoms with Gasteiger partial charge in [0.05, 0.1) is 0 Å². The van der Waals surface area contributed by atoms with Crippen LogP contribution in [0.2, 0.25) is 0 Å². The van der Waals surface area contributed by atoms with Crippen LogP contribution in [-0.4, -0.2) is 39.8 Å². The summed E-state index contributed by atoms with van der Waals surface area (Å²) < 4.78 is 0.988. The summed E-state index contributed by atoms with van der Waals surface area (Å²) in [7, 11) is 0. The number of rotatable bonds is 3. The van der Waals surface area contributed by atoms with Gasteiger partial charge in [-0.05, 0) is 66.4 Å². The van der Waals surface area contributed by atoms with Gasteiger partial charge in [0.25, 0.3) is 11.8 Å². The Morgan fingerprint density at radius 2 is 1.62 bits per heavy atom. The Labute approximate surface area is 142 Å². The smallest absolute Gasteiger partial charge is 0.265 e. The van der Waals surface area contributed by atoms with Crippen LogP contribution in [0.5, 0.6) is 0 Å². The topological polar surface area (TPSA) is 40.6 Å². The minimum absolute atomic E-state index is 0.163. The van der Waals surface area contributed by atoms with Crippen LogP contribution < -0.4 is 0 Å². The van der Waals surface area contributed by atoms with E-state index in [1.807, 2.05) is 38.1 Å². The van der Waals surface area contributed by atoms with E-state index in [1.165, 1.54) is 9.80 Å². The lowest BCUT2D eigenvalue weighted by molar-refractivity contribution is -0.133. The van der Waals surface area contributed by atoms with Crippen LogP contribution in [0.4, 0.5) is 0 Å². The van der Waals surface area contributed by atoms with E-state index in [0.717, 1.165) is 9.13 Å². The third-order valence-corrected chi connectivity index (χ3v) is 4.67. The molecule has 6 heteroatoms. The van der Waals surface area contributed by atoms with Gasteiger partial charge in [0.15, 0.2) is 5.11 Å². The Balaban J connectivity index is 2.50. The highest BCUT2D eigenvalue weighted by atomic mass is 127. The van der Waals surface area contributed by atoms with Gasteiger partial charge in [0.1, 0.15) is 5.57 Å². The fourth-order valence-electron chi connectivity index (χ4n) is 2.13. The number of hydrogen-bond donors (Lipinski definition) is 0.